The van der Waals surface area contributed by atoms with Crippen LogP contribution in [0.1, 0.15) is 0 Å². The maximum absolute atomic E-state index is 5.53. The topological polar surface area (TPSA) is 114 Å². The molecule has 0 aliphatic rings. The smallest absolute Gasteiger partial charge is 0.232 e. The molecule has 196 valence electrons. The van der Waals surface area contributed by atoms with Crippen LogP contribution in [-0.2, 0) is 7.05 Å². The number of aromatic nitrogens is 4. The number of aryl methyl sites for hydroxylation is 1. The van der Waals surface area contributed by atoms with Crippen LogP contribution in [0.25, 0.3) is 21.9 Å². The van der Waals surface area contributed by atoms with Gasteiger partial charge in [-0.2, -0.15) is 4.98 Å². The van der Waals surface area contributed by atoms with Crippen LogP contribution in [0.3, 0.4) is 0 Å². The van der Waals surface area contributed by atoms with Crippen molar-refractivity contribution in [3.63, 3.8) is 0 Å². The number of rotatable bonds is 9. The summed E-state index contributed by atoms with van der Waals surface area (Å²) in [5, 5.41) is 7.35. The summed E-state index contributed by atoms with van der Waals surface area (Å²) < 4.78 is 29.5. The number of nitrogens with zero attached hydrogens (tertiary/aromatic N) is 4. The van der Waals surface area contributed by atoms with E-state index in [1.165, 1.54) is 0 Å². The van der Waals surface area contributed by atoms with E-state index < -0.39 is 0 Å². The average Bonchev–Trinajstić information content (AvgIpc) is 3.26. The van der Waals surface area contributed by atoms with Gasteiger partial charge < -0.3 is 33.6 Å². The van der Waals surface area contributed by atoms with E-state index >= 15 is 0 Å². The van der Waals surface area contributed by atoms with Gasteiger partial charge in [-0.1, -0.05) is 12.1 Å². The number of ether oxygens (including phenoxy) is 5. The molecule has 2 N–H and O–H groups in total. The summed E-state index contributed by atoms with van der Waals surface area (Å²) >= 11 is 0. The number of methoxy groups -OCH3 is 5. The van der Waals surface area contributed by atoms with Gasteiger partial charge in [0.2, 0.25) is 17.6 Å². The summed E-state index contributed by atoms with van der Waals surface area (Å²) in [6.07, 6.45) is 0. The van der Waals surface area contributed by atoms with Gasteiger partial charge in [0.15, 0.2) is 23.0 Å². The van der Waals surface area contributed by atoms with Crippen LogP contribution in [-0.4, -0.2) is 55.1 Å². The minimum Gasteiger partial charge on any atom is -0.493 e. The fraction of sp³-hybridized carbons (Fsp3) is 0.222. The van der Waals surface area contributed by atoms with Gasteiger partial charge in [0.25, 0.3) is 0 Å². The normalized spacial score (nSPS) is 10.9. The first kappa shape index (κ1) is 24.8. The van der Waals surface area contributed by atoms with Crippen molar-refractivity contribution in [2.24, 2.45) is 7.05 Å². The molecular formula is C27H28N6O5. The summed E-state index contributed by atoms with van der Waals surface area (Å²) in [6, 6.07) is 15.1. The Bertz CT molecular complexity index is 1610. The Morgan fingerprint density at radius 3 is 1.95 bits per heavy atom. The molecule has 0 amide bonds. The Kier molecular flexibility index (Phi) is 6.65. The summed E-state index contributed by atoms with van der Waals surface area (Å²) in [5.74, 6) is 4.06. The van der Waals surface area contributed by atoms with Crippen LogP contribution in [0.5, 0.6) is 28.7 Å². The van der Waals surface area contributed by atoms with E-state index in [2.05, 4.69) is 15.6 Å². The maximum Gasteiger partial charge on any atom is 0.232 e. The molecule has 0 fully saturated rings. The highest BCUT2D eigenvalue weighted by Crippen LogP contribution is 2.42. The van der Waals surface area contributed by atoms with Crippen LogP contribution in [0.4, 0.5) is 23.4 Å². The molecule has 2 aromatic heterocycles. The number of imidazole rings is 1. The van der Waals surface area contributed by atoms with Gasteiger partial charge in [0.1, 0.15) is 5.82 Å². The van der Waals surface area contributed by atoms with Gasteiger partial charge >= 0.3 is 0 Å². The summed E-state index contributed by atoms with van der Waals surface area (Å²) in [4.78, 5) is 14.2. The minimum absolute atomic E-state index is 0.345. The lowest BCUT2D eigenvalue weighted by molar-refractivity contribution is 0.324. The van der Waals surface area contributed by atoms with E-state index in [9.17, 15) is 0 Å². The first-order valence-electron chi connectivity index (χ1n) is 11.7. The second kappa shape index (κ2) is 10.2. The predicted octanol–water partition coefficient (Wildman–Crippen LogP) is 5.05. The Morgan fingerprint density at radius 1 is 0.658 bits per heavy atom. The molecule has 5 aromatic rings. The molecule has 0 atom stereocenters. The second-order valence-corrected chi connectivity index (χ2v) is 8.27. The highest BCUT2D eigenvalue weighted by atomic mass is 16.5. The lowest BCUT2D eigenvalue weighted by Gasteiger charge is -2.17. The zero-order chi connectivity index (χ0) is 26.8. The molecule has 0 bridgehead atoms. The van der Waals surface area contributed by atoms with E-state index in [-0.39, 0.29) is 0 Å². The minimum atomic E-state index is 0.345. The Labute approximate surface area is 219 Å². The van der Waals surface area contributed by atoms with Gasteiger partial charge in [-0.25, -0.2) is 9.97 Å². The van der Waals surface area contributed by atoms with Crippen LogP contribution in [0.2, 0.25) is 0 Å². The van der Waals surface area contributed by atoms with Crippen LogP contribution < -0.4 is 34.3 Å². The standard InChI is InChI=1S/C27H28N6O5/c1-33-19-10-8-7-9-17(19)30-27(33)32-26-29-18-14-21(35-3)20(34-2)13-16(18)25(31-26)28-15-11-22(36-4)24(38-6)23(12-15)37-5/h7-14H,1-6H3,(H2,28,29,30,31,32). The molecule has 11 nitrogen and oxygen atoms in total. The quantitative estimate of drug-likeness (QED) is 0.276. The third-order valence-electron chi connectivity index (χ3n) is 6.14. The largest absolute Gasteiger partial charge is 0.493 e. The predicted molar refractivity (Wildman–Crippen MR) is 146 cm³/mol. The number of nitrogens with one attached hydrogen (secondary N) is 2. The molecule has 0 saturated carbocycles. The number of fused-ring (bicyclic) bond motifs is 2. The molecular weight excluding hydrogens is 488 g/mol. The molecule has 2 heterocycles. The zero-order valence-electron chi connectivity index (χ0n) is 21.9. The average molecular weight is 517 g/mol. The van der Waals surface area contributed by atoms with Crippen LogP contribution in [0.15, 0.2) is 48.5 Å². The fourth-order valence-electron chi connectivity index (χ4n) is 4.25. The molecule has 0 radical (unpaired) electrons. The summed E-state index contributed by atoms with van der Waals surface area (Å²) in [5.41, 5.74) is 3.15. The summed E-state index contributed by atoms with van der Waals surface area (Å²) in [6.45, 7) is 0. The number of benzene rings is 3. The van der Waals surface area contributed by atoms with E-state index in [0.717, 1.165) is 11.0 Å². The molecule has 3 aromatic carbocycles. The number of hydrogen-bond acceptors (Lipinski definition) is 10. The van der Waals surface area contributed by atoms with E-state index in [1.807, 2.05) is 41.9 Å². The first-order chi connectivity index (χ1) is 18.5. The van der Waals surface area contributed by atoms with Gasteiger partial charge in [0.05, 0.1) is 52.1 Å². The first-order valence-corrected chi connectivity index (χ1v) is 11.7. The zero-order valence-corrected chi connectivity index (χ0v) is 21.9. The molecule has 0 saturated heterocycles. The molecule has 11 heteroatoms. The monoisotopic (exact) mass is 516 g/mol. The summed E-state index contributed by atoms with van der Waals surface area (Å²) in [7, 11) is 9.79. The number of para-hydroxylation sites is 2. The van der Waals surface area contributed by atoms with Crippen molar-refractivity contribution in [2.75, 3.05) is 46.2 Å². The highest BCUT2D eigenvalue weighted by molar-refractivity contribution is 5.94. The lowest BCUT2D eigenvalue weighted by Crippen LogP contribution is -2.06. The van der Waals surface area contributed by atoms with Crippen LogP contribution >= 0.6 is 0 Å². The Hall–Kier alpha value is -4.93. The Balaban J connectivity index is 1.65. The number of anilines is 4. The maximum atomic E-state index is 5.53. The molecule has 5 rings (SSSR count). The Morgan fingerprint density at radius 2 is 1.32 bits per heavy atom. The fourth-order valence-corrected chi connectivity index (χ4v) is 4.25. The van der Waals surface area contributed by atoms with E-state index in [0.29, 0.717) is 63.1 Å². The van der Waals surface area contributed by atoms with E-state index in [1.54, 1.807) is 53.7 Å². The van der Waals surface area contributed by atoms with E-state index in [4.69, 9.17) is 33.7 Å². The van der Waals surface area contributed by atoms with Gasteiger partial charge in [-0.3, -0.25) is 5.32 Å². The molecule has 0 aliphatic heterocycles. The molecule has 0 aliphatic carbocycles. The molecule has 38 heavy (non-hydrogen) atoms. The van der Waals surface area contributed by atoms with Crippen LogP contribution in [0, 0.1) is 0 Å². The van der Waals surface area contributed by atoms with Gasteiger partial charge in [0, 0.05) is 36.3 Å². The molecule has 0 spiro atoms. The SMILES string of the molecule is COc1cc2nc(Nc3nc4ccccc4n3C)nc(Nc3cc(OC)c(OC)c(OC)c3)c2cc1OC. The molecule has 0 unspecified atom stereocenters. The van der Waals surface area contributed by atoms with Crippen molar-refractivity contribution in [3.05, 3.63) is 48.5 Å². The van der Waals surface area contributed by atoms with Crippen molar-refractivity contribution >= 4 is 45.3 Å². The van der Waals surface area contributed by atoms with Crippen molar-refractivity contribution in [1.82, 2.24) is 19.5 Å². The highest BCUT2D eigenvalue weighted by Gasteiger charge is 2.18. The second-order valence-electron chi connectivity index (χ2n) is 8.27. The third-order valence-corrected chi connectivity index (χ3v) is 6.14. The number of hydrogen-bond donors (Lipinski definition) is 2. The van der Waals surface area contributed by atoms with Crippen molar-refractivity contribution in [1.29, 1.82) is 0 Å². The van der Waals surface area contributed by atoms with Gasteiger partial charge in [-0.15, -0.1) is 0 Å². The van der Waals surface area contributed by atoms with Crippen molar-refractivity contribution < 1.29 is 23.7 Å². The van der Waals surface area contributed by atoms with Crippen molar-refractivity contribution in [2.45, 2.75) is 0 Å². The van der Waals surface area contributed by atoms with Crippen molar-refractivity contribution in [3.8, 4) is 28.7 Å². The van der Waals surface area contributed by atoms with Gasteiger partial charge in [-0.05, 0) is 18.2 Å². The third kappa shape index (κ3) is 4.38. The lowest BCUT2D eigenvalue weighted by atomic mass is 10.2.